The van der Waals surface area contributed by atoms with E-state index in [0.717, 1.165) is 0 Å². The molecule has 0 aliphatic heterocycles. The van der Waals surface area contributed by atoms with Gasteiger partial charge in [-0.3, -0.25) is 4.79 Å². The Bertz CT molecular complexity index is 1260. The van der Waals surface area contributed by atoms with Crippen LogP contribution in [0.25, 0.3) is 10.2 Å². The Hall–Kier alpha value is -3.50. The number of rotatable bonds is 7. The molecule has 1 amide bonds. The van der Waals surface area contributed by atoms with Crippen LogP contribution in [0, 0.1) is 5.82 Å². The Kier molecular flexibility index (Phi) is 6.33. The number of hydrogen-bond acceptors (Lipinski definition) is 8. The first-order chi connectivity index (χ1) is 15.5. The molecule has 2 aromatic carbocycles. The molecule has 0 aliphatic rings. The number of carbonyl (C=O) groups excluding carboxylic acids is 1. The monoisotopic (exact) mass is 471 g/mol. The van der Waals surface area contributed by atoms with Crippen molar-refractivity contribution < 1.29 is 23.4 Å². The molecule has 0 aliphatic carbocycles. The highest BCUT2D eigenvalue weighted by Gasteiger charge is 2.22. The molecule has 4 rings (SSSR count). The summed E-state index contributed by atoms with van der Waals surface area (Å²) in [6.07, 6.45) is 1.50. The van der Waals surface area contributed by atoms with E-state index in [-0.39, 0.29) is 11.7 Å². The van der Waals surface area contributed by atoms with Crippen LogP contribution < -0.4 is 19.2 Å². The molecule has 0 radical (unpaired) electrons. The smallest absolute Gasteiger partial charge is 0.290 e. The van der Waals surface area contributed by atoms with Gasteiger partial charge in [-0.15, -0.1) is 11.3 Å². The minimum absolute atomic E-state index is 0.327. The van der Waals surface area contributed by atoms with Gasteiger partial charge in [-0.1, -0.05) is 17.4 Å². The van der Waals surface area contributed by atoms with Crippen molar-refractivity contribution in [3.8, 4) is 17.2 Å². The van der Waals surface area contributed by atoms with Gasteiger partial charge in [0.25, 0.3) is 5.91 Å². The number of hydrogen-bond donors (Lipinski definition) is 0. The lowest BCUT2D eigenvalue weighted by atomic mass is 10.2. The van der Waals surface area contributed by atoms with Gasteiger partial charge in [0.2, 0.25) is 10.9 Å². The van der Waals surface area contributed by atoms with Crippen LogP contribution >= 0.6 is 22.7 Å². The molecule has 0 saturated carbocycles. The molecule has 10 heteroatoms. The molecule has 0 fully saturated rings. The molecule has 4 aromatic rings. The number of fused-ring (bicyclic) bond motifs is 1. The van der Waals surface area contributed by atoms with E-state index in [1.165, 1.54) is 67.4 Å². The van der Waals surface area contributed by atoms with Gasteiger partial charge in [0, 0.05) is 5.56 Å². The standard InChI is InChI=1S/C22H18FN3O4S2/c1-28-16-9-13(10-17(29-2)20(16)30-3)12-24-26(21(27)18-5-4-8-31-18)22-25-15-7-6-14(23)11-19(15)32-22/h4-12H,1-3H3/b24-12+. The van der Waals surface area contributed by atoms with Crippen LogP contribution in [0.2, 0.25) is 0 Å². The molecule has 164 valence electrons. The molecular formula is C22H18FN3O4S2. The van der Waals surface area contributed by atoms with Crippen molar-refractivity contribution >= 4 is 50.1 Å². The van der Waals surface area contributed by atoms with Crippen molar-refractivity contribution in [1.29, 1.82) is 0 Å². The Morgan fingerprint density at radius 1 is 1.09 bits per heavy atom. The summed E-state index contributed by atoms with van der Waals surface area (Å²) >= 11 is 2.47. The summed E-state index contributed by atoms with van der Waals surface area (Å²) in [5, 5.41) is 7.75. The SMILES string of the molecule is COc1cc(/C=N/N(C(=O)c2cccs2)c2nc3ccc(F)cc3s2)cc(OC)c1OC. The van der Waals surface area contributed by atoms with E-state index in [1.54, 1.807) is 30.3 Å². The van der Waals surface area contributed by atoms with Crippen molar-refractivity contribution in [1.82, 2.24) is 4.98 Å². The number of benzene rings is 2. The van der Waals surface area contributed by atoms with Crippen LogP contribution in [-0.4, -0.2) is 38.4 Å². The van der Waals surface area contributed by atoms with Gasteiger partial charge < -0.3 is 14.2 Å². The molecule has 0 N–H and O–H groups in total. The van der Waals surface area contributed by atoms with E-state index in [2.05, 4.69) is 10.1 Å². The van der Waals surface area contributed by atoms with Crippen molar-refractivity contribution in [2.45, 2.75) is 0 Å². The summed E-state index contributed by atoms with van der Waals surface area (Å²) in [4.78, 5) is 18.1. The van der Waals surface area contributed by atoms with E-state index in [4.69, 9.17) is 14.2 Å². The first kappa shape index (κ1) is 21.7. The quantitative estimate of drug-likeness (QED) is 0.274. The maximum atomic E-state index is 13.6. The number of thiazole rings is 1. The molecule has 2 aromatic heterocycles. The first-order valence-corrected chi connectivity index (χ1v) is 11.0. The second-order valence-electron chi connectivity index (χ2n) is 6.41. The molecule has 0 spiro atoms. The Labute approximate surface area is 191 Å². The number of methoxy groups -OCH3 is 3. The lowest BCUT2D eigenvalue weighted by Crippen LogP contribution is -2.24. The van der Waals surface area contributed by atoms with Crippen molar-refractivity contribution in [3.63, 3.8) is 0 Å². The minimum atomic E-state index is -0.371. The third kappa shape index (κ3) is 4.27. The molecule has 7 nitrogen and oxygen atoms in total. The highest BCUT2D eigenvalue weighted by Crippen LogP contribution is 2.38. The van der Waals surface area contributed by atoms with Crippen LogP contribution in [0.1, 0.15) is 15.2 Å². The van der Waals surface area contributed by atoms with Crippen LogP contribution in [-0.2, 0) is 0 Å². The summed E-state index contributed by atoms with van der Waals surface area (Å²) in [5.41, 5.74) is 1.20. The molecule has 0 bridgehead atoms. The molecule has 32 heavy (non-hydrogen) atoms. The second-order valence-corrected chi connectivity index (χ2v) is 8.36. The van der Waals surface area contributed by atoms with E-state index in [0.29, 0.717) is 43.0 Å². The number of ether oxygens (including phenoxy) is 3. The third-order valence-electron chi connectivity index (χ3n) is 4.45. The second kappa shape index (κ2) is 9.33. The largest absolute Gasteiger partial charge is 0.493 e. The van der Waals surface area contributed by atoms with Gasteiger partial charge in [0.15, 0.2) is 11.5 Å². The molecule has 0 atom stereocenters. The number of amides is 1. The topological polar surface area (TPSA) is 73.2 Å². The van der Waals surface area contributed by atoms with Crippen molar-refractivity contribution in [3.05, 3.63) is 64.1 Å². The number of halogens is 1. The lowest BCUT2D eigenvalue weighted by Gasteiger charge is -2.14. The average molecular weight is 472 g/mol. The number of carbonyl (C=O) groups is 1. The number of anilines is 1. The van der Waals surface area contributed by atoms with Gasteiger partial charge in [0.05, 0.1) is 42.6 Å². The summed E-state index contributed by atoms with van der Waals surface area (Å²) in [6.45, 7) is 0. The van der Waals surface area contributed by atoms with Gasteiger partial charge in [-0.25, -0.2) is 9.37 Å². The van der Waals surface area contributed by atoms with Crippen molar-refractivity contribution in [2.24, 2.45) is 5.10 Å². The summed E-state index contributed by atoms with van der Waals surface area (Å²) in [7, 11) is 4.56. The Morgan fingerprint density at radius 3 is 2.47 bits per heavy atom. The van der Waals surface area contributed by atoms with Gasteiger partial charge in [-0.05, 0) is 41.8 Å². The summed E-state index contributed by atoms with van der Waals surface area (Å²) < 4.78 is 30.4. The summed E-state index contributed by atoms with van der Waals surface area (Å²) in [5.74, 6) is 0.652. The zero-order valence-electron chi connectivity index (χ0n) is 17.4. The van der Waals surface area contributed by atoms with Gasteiger partial charge in [0.1, 0.15) is 5.82 Å². The number of hydrazone groups is 1. The number of thiophene rings is 1. The lowest BCUT2D eigenvalue weighted by molar-refractivity contribution is 0.0991. The maximum Gasteiger partial charge on any atom is 0.290 e. The third-order valence-corrected chi connectivity index (χ3v) is 6.31. The first-order valence-electron chi connectivity index (χ1n) is 9.32. The highest BCUT2D eigenvalue weighted by atomic mass is 32.1. The maximum absolute atomic E-state index is 13.6. The normalized spacial score (nSPS) is 11.1. The van der Waals surface area contributed by atoms with E-state index < -0.39 is 0 Å². The molecule has 2 heterocycles. The number of nitrogens with zero attached hydrogens (tertiary/aromatic N) is 3. The Morgan fingerprint density at radius 2 is 1.84 bits per heavy atom. The zero-order chi connectivity index (χ0) is 22.7. The fourth-order valence-electron chi connectivity index (χ4n) is 2.97. The van der Waals surface area contributed by atoms with Crippen LogP contribution in [0.15, 0.2) is 52.9 Å². The highest BCUT2D eigenvalue weighted by molar-refractivity contribution is 7.22. The van der Waals surface area contributed by atoms with E-state index in [1.807, 2.05) is 5.38 Å². The predicted molar refractivity (Wildman–Crippen MR) is 124 cm³/mol. The molecular weight excluding hydrogens is 453 g/mol. The fourth-order valence-corrected chi connectivity index (χ4v) is 4.57. The molecule has 0 saturated heterocycles. The van der Waals surface area contributed by atoms with E-state index >= 15 is 0 Å². The van der Waals surface area contributed by atoms with Crippen molar-refractivity contribution in [2.75, 3.05) is 26.3 Å². The molecule has 0 unspecified atom stereocenters. The van der Waals surface area contributed by atoms with Gasteiger partial charge >= 0.3 is 0 Å². The Balaban J connectivity index is 1.77. The predicted octanol–water partition coefficient (Wildman–Crippen LogP) is 5.20. The minimum Gasteiger partial charge on any atom is -0.493 e. The van der Waals surface area contributed by atoms with Crippen LogP contribution in [0.5, 0.6) is 17.2 Å². The average Bonchev–Trinajstić information content (AvgIpc) is 3.48. The fraction of sp³-hybridized carbons (Fsp3) is 0.136. The van der Waals surface area contributed by atoms with Gasteiger partial charge in [-0.2, -0.15) is 10.1 Å². The van der Waals surface area contributed by atoms with Crippen LogP contribution in [0.4, 0.5) is 9.52 Å². The van der Waals surface area contributed by atoms with E-state index in [9.17, 15) is 9.18 Å². The van der Waals surface area contributed by atoms with Crippen LogP contribution in [0.3, 0.4) is 0 Å². The number of aromatic nitrogens is 1. The summed E-state index contributed by atoms with van der Waals surface area (Å²) in [6, 6.07) is 11.2. The zero-order valence-corrected chi connectivity index (χ0v) is 19.0.